The summed E-state index contributed by atoms with van der Waals surface area (Å²) in [6.07, 6.45) is 4.50. The standard InChI is InChI=1S/C15H13Br2N3O/c16-12-8-18-14(13(17)19-12)20-15(21)11-7-3-5-9-4-1-2-6-10(9)11/h1-2,4,6,8,11H,3,5,7H2,(H,18,20,21). The Morgan fingerprint density at radius 1 is 1.29 bits per heavy atom. The van der Waals surface area contributed by atoms with Crippen molar-refractivity contribution in [3.8, 4) is 0 Å². The molecule has 0 saturated carbocycles. The topological polar surface area (TPSA) is 54.9 Å². The number of carbonyl (C=O) groups excluding carboxylic acids is 1. The van der Waals surface area contributed by atoms with E-state index in [4.69, 9.17) is 0 Å². The van der Waals surface area contributed by atoms with E-state index in [1.165, 1.54) is 5.56 Å². The van der Waals surface area contributed by atoms with Gasteiger partial charge in [0.1, 0.15) is 9.21 Å². The second-order valence-electron chi connectivity index (χ2n) is 4.97. The Morgan fingerprint density at radius 2 is 2.10 bits per heavy atom. The van der Waals surface area contributed by atoms with Crippen molar-refractivity contribution in [2.45, 2.75) is 25.2 Å². The normalized spacial score (nSPS) is 17.1. The highest BCUT2D eigenvalue weighted by Gasteiger charge is 2.26. The molecule has 2 aromatic rings. The van der Waals surface area contributed by atoms with E-state index in [1.807, 2.05) is 18.2 Å². The van der Waals surface area contributed by atoms with Gasteiger partial charge < -0.3 is 5.32 Å². The second kappa shape index (κ2) is 6.23. The summed E-state index contributed by atoms with van der Waals surface area (Å²) < 4.78 is 1.14. The third kappa shape index (κ3) is 3.16. The third-order valence-electron chi connectivity index (χ3n) is 3.63. The molecule has 1 N–H and O–H groups in total. The second-order valence-corrected chi connectivity index (χ2v) is 6.53. The number of carbonyl (C=O) groups is 1. The van der Waals surface area contributed by atoms with Gasteiger partial charge in [-0.3, -0.25) is 4.79 Å². The maximum atomic E-state index is 12.6. The molecule has 0 saturated heterocycles. The Hall–Kier alpha value is -1.27. The third-order valence-corrected chi connectivity index (χ3v) is 4.56. The first-order chi connectivity index (χ1) is 10.1. The highest BCUT2D eigenvalue weighted by molar-refractivity contribution is 9.11. The summed E-state index contributed by atoms with van der Waals surface area (Å²) in [4.78, 5) is 20.9. The molecular weight excluding hydrogens is 398 g/mol. The van der Waals surface area contributed by atoms with Gasteiger partial charge in [0.25, 0.3) is 0 Å². The average molecular weight is 411 g/mol. The molecule has 1 aliphatic rings. The van der Waals surface area contributed by atoms with Crippen LogP contribution in [0, 0.1) is 0 Å². The first kappa shape index (κ1) is 14.7. The molecule has 1 heterocycles. The lowest BCUT2D eigenvalue weighted by Gasteiger charge is -2.24. The largest absolute Gasteiger partial charge is 0.308 e. The summed E-state index contributed by atoms with van der Waals surface area (Å²) in [5, 5.41) is 2.87. The van der Waals surface area contributed by atoms with Crippen molar-refractivity contribution in [2.24, 2.45) is 0 Å². The van der Waals surface area contributed by atoms with Gasteiger partial charge in [0, 0.05) is 0 Å². The molecular formula is C15H13Br2N3O. The van der Waals surface area contributed by atoms with Crippen molar-refractivity contribution in [1.82, 2.24) is 9.97 Å². The van der Waals surface area contributed by atoms with Crippen LogP contribution in [-0.2, 0) is 11.2 Å². The van der Waals surface area contributed by atoms with Crippen molar-refractivity contribution in [2.75, 3.05) is 5.32 Å². The minimum atomic E-state index is -0.118. The Balaban J connectivity index is 1.83. The molecule has 0 spiro atoms. The average Bonchev–Trinajstić information content (AvgIpc) is 2.49. The molecule has 1 aliphatic carbocycles. The molecule has 108 valence electrons. The number of amides is 1. The zero-order valence-corrected chi connectivity index (χ0v) is 14.3. The van der Waals surface area contributed by atoms with Crippen LogP contribution in [0.4, 0.5) is 5.82 Å². The number of aryl methyl sites for hydroxylation is 1. The van der Waals surface area contributed by atoms with E-state index in [0.29, 0.717) is 15.0 Å². The number of aromatic nitrogens is 2. The molecule has 1 unspecified atom stereocenters. The fourth-order valence-corrected chi connectivity index (χ4v) is 3.57. The van der Waals surface area contributed by atoms with Gasteiger partial charge in [-0.2, -0.15) is 0 Å². The van der Waals surface area contributed by atoms with Crippen molar-refractivity contribution >= 4 is 43.6 Å². The van der Waals surface area contributed by atoms with E-state index in [0.717, 1.165) is 24.8 Å². The molecule has 6 heteroatoms. The van der Waals surface area contributed by atoms with Gasteiger partial charge in [-0.25, -0.2) is 9.97 Å². The summed E-state index contributed by atoms with van der Waals surface area (Å²) in [5.41, 5.74) is 2.40. The van der Waals surface area contributed by atoms with Gasteiger partial charge in [-0.05, 0) is 62.2 Å². The Kier molecular flexibility index (Phi) is 4.35. The van der Waals surface area contributed by atoms with E-state index >= 15 is 0 Å². The highest BCUT2D eigenvalue weighted by Crippen LogP contribution is 2.32. The van der Waals surface area contributed by atoms with Crippen LogP contribution in [0.25, 0.3) is 0 Å². The maximum absolute atomic E-state index is 12.6. The van der Waals surface area contributed by atoms with Crippen molar-refractivity contribution in [3.63, 3.8) is 0 Å². The SMILES string of the molecule is O=C(Nc1ncc(Br)nc1Br)C1CCCc2ccccc21. The van der Waals surface area contributed by atoms with Crippen molar-refractivity contribution < 1.29 is 4.79 Å². The van der Waals surface area contributed by atoms with Crippen LogP contribution in [0.15, 0.2) is 39.7 Å². The van der Waals surface area contributed by atoms with Gasteiger partial charge in [0.2, 0.25) is 5.91 Å². The lowest BCUT2D eigenvalue weighted by molar-refractivity contribution is -0.117. The number of hydrogen-bond donors (Lipinski definition) is 1. The number of halogens is 2. The Bertz CT molecular complexity index is 690. The lowest BCUT2D eigenvalue weighted by atomic mass is 9.82. The zero-order valence-electron chi connectivity index (χ0n) is 11.1. The molecule has 1 amide bonds. The lowest BCUT2D eigenvalue weighted by Crippen LogP contribution is -2.25. The minimum absolute atomic E-state index is 0.0283. The maximum Gasteiger partial charge on any atom is 0.233 e. The first-order valence-electron chi connectivity index (χ1n) is 6.72. The monoisotopic (exact) mass is 409 g/mol. The van der Waals surface area contributed by atoms with Crippen LogP contribution < -0.4 is 5.32 Å². The summed E-state index contributed by atoms with van der Waals surface area (Å²) in [6.45, 7) is 0. The zero-order chi connectivity index (χ0) is 14.8. The van der Waals surface area contributed by atoms with Crippen LogP contribution in [-0.4, -0.2) is 15.9 Å². The fraction of sp³-hybridized carbons (Fsp3) is 0.267. The van der Waals surface area contributed by atoms with E-state index in [9.17, 15) is 4.79 Å². The predicted molar refractivity (Wildman–Crippen MR) is 88.2 cm³/mol. The molecule has 0 fully saturated rings. The Labute approximate surface area is 139 Å². The summed E-state index contributed by atoms with van der Waals surface area (Å²) in [5.74, 6) is 0.304. The quantitative estimate of drug-likeness (QED) is 0.812. The summed E-state index contributed by atoms with van der Waals surface area (Å²) >= 11 is 6.56. The molecule has 4 nitrogen and oxygen atoms in total. The molecule has 1 atom stereocenters. The van der Waals surface area contributed by atoms with E-state index in [1.54, 1.807) is 6.20 Å². The smallest absolute Gasteiger partial charge is 0.233 e. The van der Waals surface area contributed by atoms with Gasteiger partial charge in [-0.15, -0.1) is 0 Å². The van der Waals surface area contributed by atoms with Gasteiger partial charge in [-0.1, -0.05) is 24.3 Å². The van der Waals surface area contributed by atoms with Crippen LogP contribution in [0.1, 0.15) is 29.9 Å². The van der Waals surface area contributed by atoms with E-state index in [-0.39, 0.29) is 11.8 Å². The van der Waals surface area contributed by atoms with Gasteiger partial charge in [0.05, 0.1) is 12.1 Å². The van der Waals surface area contributed by atoms with E-state index in [2.05, 4.69) is 53.2 Å². The van der Waals surface area contributed by atoms with Crippen LogP contribution in [0.3, 0.4) is 0 Å². The molecule has 0 bridgehead atoms. The number of fused-ring (bicyclic) bond motifs is 1. The number of benzene rings is 1. The number of rotatable bonds is 2. The molecule has 1 aromatic heterocycles. The molecule has 21 heavy (non-hydrogen) atoms. The number of anilines is 1. The van der Waals surface area contributed by atoms with Crippen molar-refractivity contribution in [1.29, 1.82) is 0 Å². The first-order valence-corrected chi connectivity index (χ1v) is 8.30. The Morgan fingerprint density at radius 3 is 2.90 bits per heavy atom. The molecule has 3 rings (SSSR count). The highest BCUT2D eigenvalue weighted by atomic mass is 79.9. The van der Waals surface area contributed by atoms with Gasteiger partial charge >= 0.3 is 0 Å². The van der Waals surface area contributed by atoms with Crippen LogP contribution in [0.5, 0.6) is 0 Å². The van der Waals surface area contributed by atoms with Crippen LogP contribution >= 0.6 is 31.9 Å². The van der Waals surface area contributed by atoms with Crippen LogP contribution in [0.2, 0.25) is 0 Å². The predicted octanol–water partition coefficient (Wildman–Crippen LogP) is 4.06. The van der Waals surface area contributed by atoms with Crippen molar-refractivity contribution in [3.05, 3.63) is 50.8 Å². The molecule has 1 aromatic carbocycles. The number of nitrogens with one attached hydrogen (secondary N) is 1. The fourth-order valence-electron chi connectivity index (χ4n) is 2.66. The van der Waals surface area contributed by atoms with Gasteiger partial charge in [0.15, 0.2) is 5.82 Å². The molecule has 0 aliphatic heterocycles. The summed E-state index contributed by atoms with van der Waals surface area (Å²) in [6, 6.07) is 8.15. The minimum Gasteiger partial charge on any atom is -0.308 e. The number of nitrogens with zero attached hydrogens (tertiary/aromatic N) is 2. The molecule has 0 radical (unpaired) electrons. The number of hydrogen-bond acceptors (Lipinski definition) is 3. The summed E-state index contributed by atoms with van der Waals surface area (Å²) in [7, 11) is 0. The van der Waals surface area contributed by atoms with E-state index < -0.39 is 0 Å².